The Balaban J connectivity index is 1.67. The van der Waals surface area contributed by atoms with Gasteiger partial charge < -0.3 is 13.9 Å². The van der Waals surface area contributed by atoms with Crippen molar-refractivity contribution in [1.82, 2.24) is 5.43 Å². The fraction of sp³-hybridized carbons (Fsp3) is 0.143. The highest BCUT2D eigenvalue weighted by Gasteiger charge is 2.13. The maximum absolute atomic E-state index is 12.0. The van der Waals surface area contributed by atoms with Gasteiger partial charge in [0.25, 0.3) is 5.69 Å². The van der Waals surface area contributed by atoms with Crippen LogP contribution < -0.4 is 14.9 Å². The second kappa shape index (κ2) is 9.90. The summed E-state index contributed by atoms with van der Waals surface area (Å²) in [6.45, 7) is 1.94. The summed E-state index contributed by atoms with van der Waals surface area (Å²) in [5.74, 6) is 1.26. The van der Waals surface area contributed by atoms with E-state index < -0.39 is 10.8 Å². The normalized spacial score (nSPS) is 10.8. The van der Waals surface area contributed by atoms with Gasteiger partial charge in [-0.3, -0.25) is 14.9 Å². The molecule has 0 aliphatic rings. The zero-order chi connectivity index (χ0) is 22.4. The number of hydrogen-bond donors (Lipinski definition) is 1. The fourth-order valence-electron chi connectivity index (χ4n) is 2.60. The topological polar surface area (TPSA) is 116 Å². The van der Waals surface area contributed by atoms with E-state index in [2.05, 4.69) is 26.5 Å². The first-order chi connectivity index (χ1) is 14.9. The number of aryl methyl sites for hydroxylation is 1. The molecule has 10 heteroatoms. The highest BCUT2D eigenvalue weighted by atomic mass is 79.9. The van der Waals surface area contributed by atoms with Crippen LogP contribution in [0, 0.1) is 17.0 Å². The number of nitro benzene ring substituents is 1. The van der Waals surface area contributed by atoms with Gasteiger partial charge in [-0.2, -0.15) is 5.10 Å². The van der Waals surface area contributed by atoms with Crippen molar-refractivity contribution in [3.63, 3.8) is 0 Å². The Kier molecular flexibility index (Phi) is 7.03. The molecule has 1 N–H and O–H groups in total. The van der Waals surface area contributed by atoms with Crippen LogP contribution in [0.1, 0.15) is 27.4 Å². The number of carbonyl (C=O) groups is 1. The van der Waals surface area contributed by atoms with E-state index >= 15 is 0 Å². The Hall–Kier alpha value is -3.66. The molecule has 0 atom stereocenters. The number of benzene rings is 2. The molecule has 0 bridgehead atoms. The number of carbonyl (C=O) groups excluding carboxylic acids is 1. The van der Waals surface area contributed by atoms with Crippen LogP contribution in [0.25, 0.3) is 0 Å². The lowest BCUT2D eigenvalue weighted by molar-refractivity contribution is -0.384. The lowest BCUT2D eigenvalue weighted by Gasteiger charge is -2.13. The number of amides is 1. The highest BCUT2D eigenvalue weighted by molar-refractivity contribution is 9.10. The van der Waals surface area contributed by atoms with E-state index in [0.29, 0.717) is 27.3 Å². The maximum atomic E-state index is 12.0. The summed E-state index contributed by atoms with van der Waals surface area (Å²) < 4.78 is 17.1. The largest absolute Gasteiger partial charge is 0.493 e. The maximum Gasteiger partial charge on any atom is 0.307 e. The first-order valence-electron chi connectivity index (χ1n) is 9.01. The predicted molar refractivity (Wildman–Crippen MR) is 117 cm³/mol. The summed E-state index contributed by atoms with van der Waals surface area (Å²) in [4.78, 5) is 22.3. The molecule has 0 saturated heterocycles. The number of non-ortho nitro benzene ring substituents is 1. The van der Waals surface area contributed by atoms with Crippen LogP contribution >= 0.6 is 15.9 Å². The minimum Gasteiger partial charge on any atom is -0.493 e. The number of halogens is 1. The van der Waals surface area contributed by atoms with Crippen molar-refractivity contribution in [3.8, 4) is 11.5 Å². The molecular formula is C21H18BrN3O6. The lowest BCUT2D eigenvalue weighted by Crippen LogP contribution is -2.16. The number of hydrogen-bond acceptors (Lipinski definition) is 7. The van der Waals surface area contributed by atoms with Crippen LogP contribution in [0.3, 0.4) is 0 Å². The van der Waals surface area contributed by atoms with Crippen molar-refractivity contribution in [2.75, 3.05) is 7.11 Å². The van der Waals surface area contributed by atoms with E-state index in [1.54, 1.807) is 43.3 Å². The number of nitro groups is 1. The Labute approximate surface area is 185 Å². The third kappa shape index (κ3) is 5.70. The summed E-state index contributed by atoms with van der Waals surface area (Å²) in [6, 6.07) is 12.8. The molecule has 1 heterocycles. The number of furan rings is 1. The zero-order valence-electron chi connectivity index (χ0n) is 16.6. The second-order valence-electron chi connectivity index (χ2n) is 6.36. The Bertz CT molecular complexity index is 1120. The smallest absolute Gasteiger partial charge is 0.307 e. The lowest BCUT2D eigenvalue weighted by atomic mass is 10.2. The molecule has 0 saturated carbocycles. The third-order valence-corrected chi connectivity index (χ3v) is 4.72. The summed E-state index contributed by atoms with van der Waals surface area (Å²) in [5, 5.41) is 14.7. The molecule has 2 aromatic carbocycles. The van der Waals surface area contributed by atoms with E-state index in [4.69, 9.17) is 13.9 Å². The minimum atomic E-state index is -0.460. The summed E-state index contributed by atoms with van der Waals surface area (Å²) in [7, 11) is 1.50. The molecule has 1 aromatic heterocycles. The predicted octanol–water partition coefficient (Wildman–Crippen LogP) is 4.61. The fourth-order valence-corrected chi connectivity index (χ4v) is 3.18. The number of ether oxygens (including phenoxy) is 2. The minimum absolute atomic E-state index is 0.0143. The van der Waals surface area contributed by atoms with Gasteiger partial charge in [0.1, 0.15) is 12.4 Å². The van der Waals surface area contributed by atoms with Gasteiger partial charge >= 0.3 is 5.91 Å². The SMILES string of the molecule is COc1cc(/C=N/NC(=O)c2ccc(C)o2)cc(Br)c1OCc1ccc([N+](=O)[O-])cc1. The molecule has 31 heavy (non-hydrogen) atoms. The Morgan fingerprint density at radius 1 is 1.26 bits per heavy atom. The van der Waals surface area contributed by atoms with Gasteiger partial charge in [-0.05, 0) is 70.4 Å². The van der Waals surface area contributed by atoms with E-state index in [9.17, 15) is 14.9 Å². The number of nitrogens with one attached hydrogen (secondary N) is 1. The third-order valence-electron chi connectivity index (χ3n) is 4.13. The number of rotatable bonds is 8. The van der Waals surface area contributed by atoms with Gasteiger partial charge in [0, 0.05) is 12.1 Å². The van der Waals surface area contributed by atoms with Crippen LogP contribution in [0.4, 0.5) is 5.69 Å². The van der Waals surface area contributed by atoms with Gasteiger partial charge in [0.2, 0.25) is 0 Å². The molecule has 160 valence electrons. The molecule has 0 aliphatic carbocycles. The van der Waals surface area contributed by atoms with E-state index in [0.717, 1.165) is 5.56 Å². The summed E-state index contributed by atoms with van der Waals surface area (Å²) in [5.41, 5.74) is 3.83. The van der Waals surface area contributed by atoms with E-state index in [-0.39, 0.29) is 18.1 Å². The highest BCUT2D eigenvalue weighted by Crippen LogP contribution is 2.37. The van der Waals surface area contributed by atoms with Crippen molar-refractivity contribution in [1.29, 1.82) is 0 Å². The van der Waals surface area contributed by atoms with Crippen LogP contribution in [-0.4, -0.2) is 24.2 Å². The zero-order valence-corrected chi connectivity index (χ0v) is 18.2. The van der Waals surface area contributed by atoms with Crippen molar-refractivity contribution in [3.05, 3.63) is 85.8 Å². The van der Waals surface area contributed by atoms with E-state index in [1.807, 2.05) is 0 Å². The molecule has 3 rings (SSSR count). The number of hydrazone groups is 1. The molecule has 0 aliphatic heterocycles. The monoisotopic (exact) mass is 487 g/mol. The van der Waals surface area contributed by atoms with Gasteiger partial charge in [0.05, 0.1) is 22.7 Å². The van der Waals surface area contributed by atoms with Gasteiger partial charge in [0.15, 0.2) is 17.3 Å². The Morgan fingerprint density at radius 3 is 2.61 bits per heavy atom. The van der Waals surface area contributed by atoms with Crippen LogP contribution in [-0.2, 0) is 6.61 Å². The van der Waals surface area contributed by atoms with Crippen LogP contribution in [0.2, 0.25) is 0 Å². The molecule has 3 aromatic rings. The van der Waals surface area contributed by atoms with Crippen molar-refractivity contribution >= 4 is 33.7 Å². The average molecular weight is 488 g/mol. The van der Waals surface area contributed by atoms with Crippen molar-refractivity contribution in [2.45, 2.75) is 13.5 Å². The standard InChI is InChI=1S/C21H18BrN3O6/c1-13-3-8-18(31-13)21(26)24-23-11-15-9-17(22)20(19(10-15)29-2)30-12-14-4-6-16(7-5-14)25(27)28/h3-11H,12H2,1-2H3,(H,24,26)/b23-11+. The summed E-state index contributed by atoms with van der Waals surface area (Å²) >= 11 is 3.45. The second-order valence-corrected chi connectivity index (χ2v) is 7.21. The number of nitrogens with zero attached hydrogens (tertiary/aromatic N) is 2. The first-order valence-corrected chi connectivity index (χ1v) is 9.80. The average Bonchev–Trinajstić information content (AvgIpc) is 3.19. The molecule has 1 amide bonds. The van der Waals surface area contributed by atoms with Crippen LogP contribution in [0.15, 0.2) is 62.5 Å². The molecule has 0 spiro atoms. The molecule has 0 fully saturated rings. The molecule has 9 nitrogen and oxygen atoms in total. The van der Waals surface area contributed by atoms with E-state index in [1.165, 1.54) is 25.5 Å². The van der Waals surface area contributed by atoms with Crippen molar-refractivity contribution in [2.24, 2.45) is 5.10 Å². The van der Waals surface area contributed by atoms with Crippen LogP contribution in [0.5, 0.6) is 11.5 Å². The van der Waals surface area contributed by atoms with Gasteiger partial charge in [-0.25, -0.2) is 5.43 Å². The number of methoxy groups -OCH3 is 1. The van der Waals surface area contributed by atoms with Crippen molar-refractivity contribution < 1.29 is 23.6 Å². The molecular weight excluding hydrogens is 470 g/mol. The molecule has 0 unspecified atom stereocenters. The van der Waals surface area contributed by atoms with Gasteiger partial charge in [-0.15, -0.1) is 0 Å². The quantitative estimate of drug-likeness (QED) is 0.281. The molecule has 0 radical (unpaired) electrons. The Morgan fingerprint density at radius 2 is 2.00 bits per heavy atom. The summed E-state index contributed by atoms with van der Waals surface area (Å²) in [6.07, 6.45) is 1.46. The van der Waals surface area contributed by atoms with Gasteiger partial charge in [-0.1, -0.05) is 0 Å². The first kappa shape index (κ1) is 22.0.